The third-order valence-corrected chi connectivity index (χ3v) is 5.53. The molecule has 0 fully saturated rings. The number of hydrogen-bond donors (Lipinski definition) is 2. The van der Waals surface area contributed by atoms with E-state index in [0.717, 1.165) is 12.8 Å². The second-order valence-electron chi connectivity index (χ2n) is 8.31. The van der Waals surface area contributed by atoms with Crippen LogP contribution in [0.4, 0.5) is 0 Å². The first-order valence-corrected chi connectivity index (χ1v) is 12.0. The Labute approximate surface area is 170 Å². The van der Waals surface area contributed by atoms with E-state index >= 15 is 0 Å². The zero-order valence-corrected chi connectivity index (χ0v) is 18.5. The van der Waals surface area contributed by atoms with Crippen molar-refractivity contribution in [1.82, 2.24) is 5.23 Å². The van der Waals surface area contributed by atoms with Gasteiger partial charge in [-0.25, -0.2) is 0 Å². The molecule has 0 heterocycles. The molecule has 2 N–H and O–H groups in total. The fourth-order valence-corrected chi connectivity index (χ4v) is 3.51. The summed E-state index contributed by atoms with van der Waals surface area (Å²) in [5, 5.41) is 18.1. The minimum absolute atomic E-state index is 0.143. The van der Waals surface area contributed by atoms with E-state index in [1.807, 2.05) is 6.92 Å². The highest BCUT2D eigenvalue weighted by Crippen LogP contribution is 2.13. The number of allylic oxidation sites excluding steroid dienone is 2. The molecule has 0 spiro atoms. The van der Waals surface area contributed by atoms with Gasteiger partial charge in [-0.1, -0.05) is 114 Å². The summed E-state index contributed by atoms with van der Waals surface area (Å²) in [5.74, 6) is 0. The molecule has 0 rings (SSSR count). The number of nitrogens with zero attached hydrogens (tertiary/aromatic N) is 1. The molecule has 0 aliphatic rings. The molecule has 0 amide bonds. The Morgan fingerprint density at radius 3 is 1.37 bits per heavy atom. The van der Waals surface area contributed by atoms with Gasteiger partial charge in [0, 0.05) is 0 Å². The molecule has 27 heavy (non-hydrogen) atoms. The number of hydroxylamine groups is 2. The van der Waals surface area contributed by atoms with Gasteiger partial charge in [0.05, 0.1) is 6.04 Å². The first-order chi connectivity index (χ1) is 13.2. The van der Waals surface area contributed by atoms with Gasteiger partial charge in [0.1, 0.15) is 0 Å². The summed E-state index contributed by atoms with van der Waals surface area (Å²) in [4.78, 5) is 0. The fourth-order valence-electron chi connectivity index (χ4n) is 3.51. The van der Waals surface area contributed by atoms with Crippen molar-refractivity contribution in [2.75, 3.05) is 0 Å². The second kappa shape index (κ2) is 21.9. The molecular weight excluding hydrogens is 334 g/mol. The van der Waals surface area contributed by atoms with Gasteiger partial charge in [0.15, 0.2) is 0 Å². The molecule has 0 aromatic carbocycles. The van der Waals surface area contributed by atoms with Crippen LogP contribution in [0.3, 0.4) is 0 Å². The Morgan fingerprint density at radius 1 is 0.593 bits per heavy atom. The number of rotatable bonds is 21. The van der Waals surface area contributed by atoms with Crippen LogP contribution in [0.5, 0.6) is 0 Å². The van der Waals surface area contributed by atoms with Gasteiger partial charge in [0.2, 0.25) is 0 Å². The lowest BCUT2D eigenvalue weighted by Gasteiger charge is -2.14. The Kier molecular flexibility index (Phi) is 21.6. The fraction of sp³-hybridized carbons (Fsp3) is 0.917. The highest BCUT2D eigenvalue weighted by atomic mass is 16.8. The van der Waals surface area contributed by atoms with Gasteiger partial charge in [-0.3, -0.25) is 10.4 Å². The largest absolute Gasteiger partial charge is 0.289 e. The van der Waals surface area contributed by atoms with Crippen LogP contribution in [0.2, 0.25) is 0 Å². The number of unbranched alkanes of at least 4 members (excludes halogenated alkanes) is 16. The van der Waals surface area contributed by atoms with Gasteiger partial charge < -0.3 is 0 Å². The van der Waals surface area contributed by atoms with E-state index in [2.05, 4.69) is 19.1 Å². The van der Waals surface area contributed by atoms with Gasteiger partial charge in [-0.15, -0.1) is 0 Å². The molecule has 0 saturated carbocycles. The van der Waals surface area contributed by atoms with E-state index in [-0.39, 0.29) is 6.04 Å². The molecule has 0 aliphatic carbocycles. The van der Waals surface area contributed by atoms with Crippen molar-refractivity contribution in [3.05, 3.63) is 12.2 Å². The SMILES string of the molecule is CCCCCCCC/C=C\CCCCCCCCCCCCC(C)N(O)O. The number of hydrogen-bond acceptors (Lipinski definition) is 3. The lowest BCUT2D eigenvalue weighted by Crippen LogP contribution is -2.25. The summed E-state index contributed by atoms with van der Waals surface area (Å²) in [5.41, 5.74) is 0. The van der Waals surface area contributed by atoms with E-state index in [9.17, 15) is 0 Å². The summed E-state index contributed by atoms with van der Waals surface area (Å²) < 4.78 is 0. The van der Waals surface area contributed by atoms with E-state index in [0.29, 0.717) is 5.23 Å². The Morgan fingerprint density at radius 2 is 0.963 bits per heavy atom. The van der Waals surface area contributed by atoms with Crippen LogP contribution < -0.4 is 0 Å². The maximum Gasteiger partial charge on any atom is 0.0595 e. The van der Waals surface area contributed by atoms with E-state index in [4.69, 9.17) is 10.4 Å². The first-order valence-electron chi connectivity index (χ1n) is 12.0. The van der Waals surface area contributed by atoms with Crippen LogP contribution >= 0.6 is 0 Å². The molecule has 3 nitrogen and oxygen atoms in total. The highest BCUT2D eigenvalue weighted by molar-refractivity contribution is 4.81. The van der Waals surface area contributed by atoms with Gasteiger partial charge in [0.25, 0.3) is 0 Å². The average Bonchev–Trinajstić information content (AvgIpc) is 2.66. The van der Waals surface area contributed by atoms with E-state index < -0.39 is 0 Å². The third kappa shape index (κ3) is 21.8. The molecule has 162 valence electrons. The smallest absolute Gasteiger partial charge is 0.0595 e. The Hall–Kier alpha value is -0.380. The Balaban J connectivity index is 3.11. The molecule has 1 unspecified atom stereocenters. The molecule has 0 aromatic rings. The molecule has 3 heteroatoms. The third-order valence-electron chi connectivity index (χ3n) is 5.53. The average molecular weight is 384 g/mol. The lowest BCUT2D eigenvalue weighted by atomic mass is 10.0. The lowest BCUT2D eigenvalue weighted by molar-refractivity contribution is -0.329. The minimum atomic E-state index is -0.143. The summed E-state index contributed by atoms with van der Waals surface area (Å²) in [6, 6.07) is -0.143. The molecular formula is C24H49NO2. The predicted octanol–water partition coefficient (Wildman–Crippen LogP) is 8.44. The standard InChI is InChI=1S/C24H49NO2/c1-3-4-5-6-7-8-9-10-11-12-13-14-15-16-17-18-19-20-21-22-23-24(2)25(26)27/h10-11,24,26-27H,3-9,12-23H2,1-2H3/b11-10-. The molecule has 0 aliphatic heterocycles. The normalized spacial score (nSPS) is 13.1. The maximum atomic E-state index is 8.86. The summed E-state index contributed by atoms with van der Waals surface area (Å²) in [6.45, 7) is 4.12. The van der Waals surface area contributed by atoms with Crippen molar-refractivity contribution in [2.45, 2.75) is 142 Å². The molecule has 0 saturated heterocycles. The van der Waals surface area contributed by atoms with Crippen LogP contribution in [-0.2, 0) is 0 Å². The van der Waals surface area contributed by atoms with Crippen LogP contribution in [0, 0.1) is 0 Å². The van der Waals surface area contributed by atoms with Crippen molar-refractivity contribution < 1.29 is 10.4 Å². The quantitative estimate of drug-likeness (QED) is 0.119. The van der Waals surface area contributed by atoms with E-state index in [1.54, 1.807) is 0 Å². The molecule has 1 atom stereocenters. The van der Waals surface area contributed by atoms with Crippen molar-refractivity contribution in [3.63, 3.8) is 0 Å². The van der Waals surface area contributed by atoms with Crippen molar-refractivity contribution in [1.29, 1.82) is 0 Å². The first kappa shape index (κ1) is 26.6. The zero-order valence-electron chi connectivity index (χ0n) is 18.5. The van der Waals surface area contributed by atoms with Crippen molar-refractivity contribution in [3.8, 4) is 0 Å². The van der Waals surface area contributed by atoms with Gasteiger partial charge in [-0.2, -0.15) is 0 Å². The zero-order chi connectivity index (χ0) is 20.0. The molecule has 0 radical (unpaired) electrons. The monoisotopic (exact) mass is 383 g/mol. The van der Waals surface area contributed by atoms with Gasteiger partial charge >= 0.3 is 0 Å². The van der Waals surface area contributed by atoms with Crippen molar-refractivity contribution in [2.24, 2.45) is 0 Å². The highest BCUT2D eigenvalue weighted by Gasteiger charge is 2.06. The Bertz CT molecular complexity index is 305. The van der Waals surface area contributed by atoms with Crippen LogP contribution in [0.25, 0.3) is 0 Å². The molecule has 0 aromatic heterocycles. The van der Waals surface area contributed by atoms with Gasteiger partial charge in [-0.05, 0) is 39.0 Å². The predicted molar refractivity (Wildman–Crippen MR) is 117 cm³/mol. The van der Waals surface area contributed by atoms with Crippen LogP contribution in [0.1, 0.15) is 136 Å². The minimum Gasteiger partial charge on any atom is -0.289 e. The summed E-state index contributed by atoms with van der Waals surface area (Å²) in [6.07, 6.45) is 29.8. The second-order valence-corrected chi connectivity index (χ2v) is 8.31. The summed E-state index contributed by atoms with van der Waals surface area (Å²) in [7, 11) is 0. The van der Waals surface area contributed by atoms with Crippen molar-refractivity contribution >= 4 is 0 Å². The molecule has 0 bridgehead atoms. The maximum absolute atomic E-state index is 8.86. The van der Waals surface area contributed by atoms with Crippen LogP contribution in [0.15, 0.2) is 12.2 Å². The summed E-state index contributed by atoms with van der Waals surface area (Å²) >= 11 is 0. The van der Waals surface area contributed by atoms with E-state index in [1.165, 1.54) is 109 Å². The van der Waals surface area contributed by atoms with Crippen LogP contribution in [-0.4, -0.2) is 21.7 Å². The topological polar surface area (TPSA) is 43.7 Å².